The molecule has 0 aliphatic heterocycles. The third-order valence-corrected chi connectivity index (χ3v) is 4.83. The number of carbonyl (C=O) groups excluding carboxylic acids is 1. The molecule has 0 spiro atoms. The Kier molecular flexibility index (Phi) is 5.14. The molecule has 4 rings (SSSR count). The van der Waals surface area contributed by atoms with Gasteiger partial charge in [-0.15, -0.1) is 0 Å². The first-order valence-corrected chi connectivity index (χ1v) is 9.44. The molecule has 0 aliphatic carbocycles. The molecule has 0 unspecified atom stereocenters. The van der Waals surface area contributed by atoms with Crippen LogP contribution in [0.1, 0.15) is 18.5 Å². The number of aromatic nitrogens is 4. The van der Waals surface area contributed by atoms with E-state index < -0.39 is 0 Å². The van der Waals surface area contributed by atoms with Gasteiger partial charge in [0, 0.05) is 5.02 Å². The fraction of sp³-hybridized carbons (Fsp3) is 0.143. The van der Waals surface area contributed by atoms with E-state index in [2.05, 4.69) is 15.4 Å². The van der Waals surface area contributed by atoms with Crippen molar-refractivity contribution in [1.82, 2.24) is 24.6 Å². The van der Waals surface area contributed by atoms with Gasteiger partial charge in [0.05, 0.1) is 17.9 Å². The molecule has 7 nitrogen and oxygen atoms in total. The summed E-state index contributed by atoms with van der Waals surface area (Å²) in [6, 6.07) is 16.5. The fourth-order valence-corrected chi connectivity index (χ4v) is 3.32. The van der Waals surface area contributed by atoms with E-state index >= 15 is 0 Å². The first-order valence-electron chi connectivity index (χ1n) is 9.06. The van der Waals surface area contributed by atoms with E-state index in [4.69, 9.17) is 11.6 Å². The smallest absolute Gasteiger partial charge is 0.264 e. The molecule has 2 heterocycles. The Morgan fingerprint density at radius 1 is 1.17 bits per heavy atom. The van der Waals surface area contributed by atoms with Gasteiger partial charge in [0.2, 0.25) is 5.91 Å². The van der Waals surface area contributed by atoms with Gasteiger partial charge in [0.25, 0.3) is 5.56 Å². The zero-order valence-electron chi connectivity index (χ0n) is 15.6. The molecule has 0 saturated heterocycles. The number of carbonyl (C=O) groups is 1. The Balaban J connectivity index is 1.55. The van der Waals surface area contributed by atoms with Crippen LogP contribution in [0.5, 0.6) is 0 Å². The Morgan fingerprint density at radius 2 is 1.97 bits per heavy atom. The number of para-hydroxylation sites is 1. The van der Waals surface area contributed by atoms with Crippen LogP contribution in [-0.4, -0.2) is 25.2 Å². The number of benzene rings is 2. The Morgan fingerprint density at radius 3 is 2.72 bits per heavy atom. The van der Waals surface area contributed by atoms with E-state index in [-0.39, 0.29) is 24.1 Å². The second-order valence-corrected chi connectivity index (χ2v) is 7.09. The summed E-state index contributed by atoms with van der Waals surface area (Å²) in [4.78, 5) is 29.6. The van der Waals surface area contributed by atoms with Crippen molar-refractivity contribution in [3.63, 3.8) is 0 Å². The van der Waals surface area contributed by atoms with Gasteiger partial charge >= 0.3 is 0 Å². The minimum atomic E-state index is -0.317. The number of rotatable bonds is 5. The minimum Gasteiger partial charge on any atom is -0.348 e. The van der Waals surface area contributed by atoms with Gasteiger partial charge in [-0.2, -0.15) is 5.10 Å². The fourth-order valence-electron chi connectivity index (χ4n) is 3.12. The predicted molar refractivity (Wildman–Crippen MR) is 111 cm³/mol. The molecule has 8 heteroatoms. The van der Waals surface area contributed by atoms with E-state index in [1.807, 2.05) is 49.4 Å². The largest absolute Gasteiger partial charge is 0.348 e. The van der Waals surface area contributed by atoms with Crippen molar-refractivity contribution in [1.29, 1.82) is 0 Å². The van der Waals surface area contributed by atoms with Crippen LogP contribution in [0.2, 0.25) is 5.02 Å². The molecule has 1 atom stereocenters. The lowest BCUT2D eigenvalue weighted by Gasteiger charge is -2.15. The van der Waals surface area contributed by atoms with Crippen molar-refractivity contribution < 1.29 is 4.79 Å². The van der Waals surface area contributed by atoms with Crippen LogP contribution in [-0.2, 0) is 11.3 Å². The Labute approximate surface area is 171 Å². The van der Waals surface area contributed by atoms with Gasteiger partial charge in [-0.05, 0) is 36.8 Å². The van der Waals surface area contributed by atoms with Gasteiger partial charge in [-0.1, -0.05) is 41.9 Å². The number of hydrogen-bond donors (Lipinski definition) is 1. The van der Waals surface area contributed by atoms with E-state index in [1.165, 1.54) is 17.1 Å². The van der Waals surface area contributed by atoms with Gasteiger partial charge < -0.3 is 5.32 Å². The highest BCUT2D eigenvalue weighted by Crippen LogP contribution is 2.17. The zero-order valence-corrected chi connectivity index (χ0v) is 16.4. The highest BCUT2D eigenvalue weighted by atomic mass is 35.5. The lowest BCUT2D eigenvalue weighted by molar-refractivity contribution is -0.122. The second-order valence-electron chi connectivity index (χ2n) is 6.65. The summed E-state index contributed by atoms with van der Waals surface area (Å²) in [5.41, 5.74) is 1.82. The molecule has 0 aliphatic rings. The Hall–Kier alpha value is -3.45. The normalized spacial score (nSPS) is 12.1. The van der Waals surface area contributed by atoms with E-state index in [0.717, 1.165) is 11.3 Å². The molecule has 0 bridgehead atoms. The van der Waals surface area contributed by atoms with Gasteiger partial charge in [-0.25, -0.2) is 9.67 Å². The summed E-state index contributed by atoms with van der Waals surface area (Å²) in [7, 11) is 0. The lowest BCUT2D eigenvalue weighted by Crippen LogP contribution is -2.33. The van der Waals surface area contributed by atoms with Crippen molar-refractivity contribution in [2.75, 3.05) is 0 Å². The molecule has 0 radical (unpaired) electrons. The van der Waals surface area contributed by atoms with Crippen LogP contribution in [0.25, 0.3) is 16.7 Å². The number of halogens is 1. The van der Waals surface area contributed by atoms with E-state index in [1.54, 1.807) is 16.8 Å². The molecule has 2 aromatic heterocycles. The minimum absolute atomic E-state index is 0.136. The van der Waals surface area contributed by atoms with Gasteiger partial charge in [0.1, 0.15) is 18.3 Å². The predicted octanol–water partition coefficient (Wildman–Crippen LogP) is 3.11. The summed E-state index contributed by atoms with van der Waals surface area (Å²) in [6.45, 7) is 1.72. The summed E-state index contributed by atoms with van der Waals surface area (Å²) in [6.07, 6.45) is 2.84. The lowest BCUT2D eigenvalue weighted by atomic mass is 10.1. The van der Waals surface area contributed by atoms with Crippen molar-refractivity contribution in [2.24, 2.45) is 0 Å². The molecule has 0 fully saturated rings. The third-order valence-electron chi connectivity index (χ3n) is 4.60. The third kappa shape index (κ3) is 3.90. The van der Waals surface area contributed by atoms with Crippen LogP contribution in [0.3, 0.4) is 0 Å². The molecular weight excluding hydrogens is 390 g/mol. The van der Waals surface area contributed by atoms with E-state index in [9.17, 15) is 9.59 Å². The maximum Gasteiger partial charge on any atom is 0.264 e. The average molecular weight is 408 g/mol. The monoisotopic (exact) mass is 407 g/mol. The molecule has 2 aromatic carbocycles. The number of fused-ring (bicyclic) bond motifs is 1. The maximum absolute atomic E-state index is 12.8. The number of nitrogens with one attached hydrogen (secondary N) is 1. The number of hydrogen-bond acceptors (Lipinski definition) is 4. The molecule has 1 amide bonds. The summed E-state index contributed by atoms with van der Waals surface area (Å²) in [5, 5.41) is 8.10. The topological polar surface area (TPSA) is 81.8 Å². The van der Waals surface area contributed by atoms with Crippen molar-refractivity contribution in [3.8, 4) is 5.69 Å². The van der Waals surface area contributed by atoms with Crippen LogP contribution >= 0.6 is 11.6 Å². The SMILES string of the molecule is C[C@@H](NC(=O)Cn1cnc2c(cnn2-c2ccccc2)c1=O)c1cccc(Cl)c1. The average Bonchev–Trinajstić information content (AvgIpc) is 3.15. The summed E-state index contributed by atoms with van der Waals surface area (Å²) >= 11 is 6.00. The molecular formula is C21H18ClN5O2. The van der Waals surface area contributed by atoms with Crippen LogP contribution in [0.4, 0.5) is 0 Å². The Bertz CT molecular complexity index is 1230. The molecule has 4 aromatic rings. The van der Waals surface area contributed by atoms with E-state index in [0.29, 0.717) is 16.1 Å². The second kappa shape index (κ2) is 7.89. The maximum atomic E-state index is 12.8. The summed E-state index contributed by atoms with van der Waals surface area (Å²) in [5.74, 6) is -0.295. The van der Waals surface area contributed by atoms with Crippen molar-refractivity contribution in [2.45, 2.75) is 19.5 Å². The zero-order chi connectivity index (χ0) is 20.4. The standard InChI is InChI=1S/C21H18ClN5O2/c1-14(15-6-5-7-16(22)10-15)25-19(28)12-26-13-23-20-18(21(26)29)11-24-27(20)17-8-3-2-4-9-17/h2-11,13-14H,12H2,1H3,(H,25,28)/t14-/m1/s1. The van der Waals surface area contributed by atoms with Crippen molar-refractivity contribution in [3.05, 3.63) is 88.1 Å². The van der Waals surface area contributed by atoms with Crippen LogP contribution < -0.4 is 10.9 Å². The molecule has 146 valence electrons. The first kappa shape index (κ1) is 18.9. The molecule has 1 N–H and O–H groups in total. The number of amides is 1. The van der Waals surface area contributed by atoms with Gasteiger partial charge in [-0.3, -0.25) is 14.2 Å². The quantitative estimate of drug-likeness (QED) is 0.551. The van der Waals surface area contributed by atoms with Crippen LogP contribution in [0.15, 0.2) is 71.9 Å². The molecule has 0 saturated carbocycles. The van der Waals surface area contributed by atoms with Crippen LogP contribution in [0, 0.1) is 0 Å². The highest BCUT2D eigenvalue weighted by Gasteiger charge is 2.15. The summed E-state index contributed by atoms with van der Waals surface area (Å²) < 4.78 is 2.88. The number of nitrogens with zero attached hydrogens (tertiary/aromatic N) is 4. The molecule has 29 heavy (non-hydrogen) atoms. The van der Waals surface area contributed by atoms with Gasteiger partial charge in [0.15, 0.2) is 5.65 Å². The highest BCUT2D eigenvalue weighted by molar-refractivity contribution is 6.30. The van der Waals surface area contributed by atoms with Crippen molar-refractivity contribution >= 4 is 28.5 Å². The first-order chi connectivity index (χ1) is 14.0.